The van der Waals surface area contributed by atoms with Gasteiger partial charge < -0.3 is 10.6 Å². The van der Waals surface area contributed by atoms with Crippen molar-refractivity contribution in [3.05, 3.63) is 64.5 Å². The van der Waals surface area contributed by atoms with Crippen LogP contribution in [0.4, 0.5) is 16.1 Å². The van der Waals surface area contributed by atoms with Crippen LogP contribution in [0.2, 0.25) is 0 Å². The molecule has 4 aromatic heterocycles. The lowest BCUT2D eigenvalue weighted by Gasteiger charge is -2.08. The second-order valence-electron chi connectivity index (χ2n) is 8.34. The quantitative estimate of drug-likeness (QED) is 0.355. The molecular formula is C23H24N8OS2. The van der Waals surface area contributed by atoms with Crippen LogP contribution in [-0.2, 0) is 24.1 Å². The maximum absolute atomic E-state index is 12.2. The maximum atomic E-state index is 12.2. The Morgan fingerprint density at radius 1 is 0.853 bits per heavy atom. The van der Waals surface area contributed by atoms with E-state index in [1.807, 2.05) is 36.4 Å². The van der Waals surface area contributed by atoms with Gasteiger partial charge in [0.05, 0.1) is 6.42 Å². The Balaban J connectivity index is 1.08. The first-order valence-electron chi connectivity index (χ1n) is 11.2. The van der Waals surface area contributed by atoms with Crippen LogP contribution in [-0.4, -0.2) is 36.3 Å². The molecule has 1 saturated carbocycles. The fourth-order valence-corrected chi connectivity index (χ4v) is 5.92. The summed E-state index contributed by atoms with van der Waals surface area (Å²) in [5, 5.41) is 26.5. The Kier molecular flexibility index (Phi) is 7.10. The topological polar surface area (TPSA) is 118 Å². The van der Waals surface area contributed by atoms with E-state index < -0.39 is 0 Å². The standard InChI is InChI=1S/C23H24N8OS2/c32-19(14-17-5-1-3-9-24-17)27-23-31-29-21(34-23)13-16-8-7-15(11-16)12-20-28-30-22(33-20)26-18-6-2-4-10-25-18/h1-6,9-10,15-16H,7-8,11-14H2,(H,25,26,30)(H,27,31,32)/t15-,16-/m1/s1. The summed E-state index contributed by atoms with van der Waals surface area (Å²) in [5.41, 5.74) is 0.733. The van der Waals surface area contributed by atoms with Gasteiger partial charge in [0.15, 0.2) is 0 Å². The average molecular weight is 493 g/mol. The molecule has 0 aliphatic heterocycles. The highest BCUT2D eigenvalue weighted by Crippen LogP contribution is 2.36. The molecule has 0 bridgehead atoms. The Hall–Kier alpha value is -3.31. The van der Waals surface area contributed by atoms with Crippen LogP contribution >= 0.6 is 22.7 Å². The number of amides is 1. The van der Waals surface area contributed by atoms with E-state index in [1.165, 1.54) is 24.2 Å². The molecule has 1 fully saturated rings. The third-order valence-corrected chi connectivity index (χ3v) is 7.45. The monoisotopic (exact) mass is 492 g/mol. The van der Waals surface area contributed by atoms with Gasteiger partial charge in [0.2, 0.25) is 16.2 Å². The third kappa shape index (κ3) is 6.17. The van der Waals surface area contributed by atoms with Gasteiger partial charge in [-0.05, 0) is 55.4 Å². The van der Waals surface area contributed by atoms with Gasteiger partial charge in [-0.25, -0.2) is 4.98 Å². The van der Waals surface area contributed by atoms with Crippen LogP contribution in [0, 0.1) is 11.8 Å². The van der Waals surface area contributed by atoms with Gasteiger partial charge in [-0.15, -0.1) is 20.4 Å². The van der Waals surface area contributed by atoms with Crippen LogP contribution in [0.1, 0.15) is 35.0 Å². The number of carbonyl (C=O) groups excluding carboxylic acids is 1. The van der Waals surface area contributed by atoms with Gasteiger partial charge in [0.1, 0.15) is 15.8 Å². The lowest BCUT2D eigenvalue weighted by atomic mass is 10.0. The van der Waals surface area contributed by atoms with Crippen molar-refractivity contribution < 1.29 is 4.79 Å². The number of pyridine rings is 2. The maximum Gasteiger partial charge on any atom is 0.232 e. The first-order chi connectivity index (χ1) is 16.7. The highest BCUT2D eigenvalue weighted by atomic mass is 32.1. The molecule has 34 heavy (non-hydrogen) atoms. The summed E-state index contributed by atoms with van der Waals surface area (Å²) in [6.45, 7) is 0. The molecule has 0 saturated heterocycles. The SMILES string of the molecule is O=C(Cc1ccccn1)Nc1nnc(C[C@@H]2CC[C@@H](Cc3nnc(Nc4ccccn4)s3)C2)s1. The molecule has 1 aliphatic carbocycles. The third-order valence-electron chi connectivity index (χ3n) is 5.72. The number of carbonyl (C=O) groups is 1. The van der Waals surface area contributed by atoms with E-state index in [2.05, 4.69) is 41.0 Å². The van der Waals surface area contributed by atoms with E-state index >= 15 is 0 Å². The molecule has 5 rings (SSSR count). The summed E-state index contributed by atoms with van der Waals surface area (Å²) in [5.74, 6) is 1.83. The normalized spacial score (nSPS) is 17.5. The van der Waals surface area contributed by atoms with Crippen molar-refractivity contribution in [1.29, 1.82) is 0 Å². The lowest BCUT2D eigenvalue weighted by molar-refractivity contribution is -0.115. The molecule has 4 heterocycles. The Bertz CT molecular complexity index is 1210. The van der Waals surface area contributed by atoms with Crippen LogP contribution in [0.15, 0.2) is 48.8 Å². The second kappa shape index (κ2) is 10.7. The van der Waals surface area contributed by atoms with Crippen molar-refractivity contribution in [3.8, 4) is 0 Å². The van der Waals surface area contributed by atoms with Crippen molar-refractivity contribution in [2.75, 3.05) is 10.6 Å². The molecule has 0 radical (unpaired) electrons. The molecule has 4 aromatic rings. The molecule has 2 atom stereocenters. The molecule has 1 aliphatic rings. The van der Waals surface area contributed by atoms with E-state index in [0.717, 1.165) is 45.9 Å². The number of anilines is 3. The van der Waals surface area contributed by atoms with Crippen molar-refractivity contribution >= 4 is 44.7 Å². The van der Waals surface area contributed by atoms with Crippen LogP contribution < -0.4 is 10.6 Å². The van der Waals surface area contributed by atoms with Crippen LogP contribution in [0.5, 0.6) is 0 Å². The Labute approximate surface area is 205 Å². The summed E-state index contributed by atoms with van der Waals surface area (Å²) in [7, 11) is 0. The van der Waals surface area contributed by atoms with Gasteiger partial charge in [-0.1, -0.05) is 34.8 Å². The number of nitrogens with one attached hydrogen (secondary N) is 2. The number of nitrogens with zero attached hydrogens (tertiary/aromatic N) is 6. The van der Waals surface area contributed by atoms with Crippen molar-refractivity contribution in [3.63, 3.8) is 0 Å². The van der Waals surface area contributed by atoms with E-state index in [0.29, 0.717) is 17.0 Å². The highest BCUT2D eigenvalue weighted by molar-refractivity contribution is 7.15. The summed E-state index contributed by atoms with van der Waals surface area (Å²) in [6, 6.07) is 11.3. The van der Waals surface area contributed by atoms with Crippen LogP contribution in [0.25, 0.3) is 0 Å². The lowest BCUT2D eigenvalue weighted by Crippen LogP contribution is -2.14. The Morgan fingerprint density at radius 3 is 2.21 bits per heavy atom. The minimum absolute atomic E-state index is 0.128. The van der Waals surface area contributed by atoms with E-state index in [4.69, 9.17) is 0 Å². The fraction of sp³-hybridized carbons (Fsp3) is 0.348. The van der Waals surface area contributed by atoms with Crippen LogP contribution in [0.3, 0.4) is 0 Å². The van der Waals surface area contributed by atoms with Crippen molar-refractivity contribution in [2.45, 2.75) is 38.5 Å². The molecule has 0 aromatic carbocycles. The first kappa shape index (κ1) is 22.5. The van der Waals surface area contributed by atoms with Gasteiger partial charge >= 0.3 is 0 Å². The number of aromatic nitrogens is 6. The van der Waals surface area contributed by atoms with E-state index in [9.17, 15) is 4.79 Å². The molecule has 1 amide bonds. The predicted octanol–water partition coefficient (Wildman–Crippen LogP) is 4.31. The largest absolute Gasteiger partial charge is 0.315 e. The van der Waals surface area contributed by atoms with Gasteiger partial charge in [-0.2, -0.15) is 0 Å². The van der Waals surface area contributed by atoms with Crippen molar-refractivity contribution in [2.24, 2.45) is 11.8 Å². The number of hydrogen-bond donors (Lipinski definition) is 2. The molecule has 0 unspecified atom stereocenters. The zero-order valence-electron chi connectivity index (χ0n) is 18.4. The Morgan fingerprint density at radius 2 is 1.53 bits per heavy atom. The minimum atomic E-state index is -0.128. The zero-order chi connectivity index (χ0) is 23.2. The average Bonchev–Trinajstić information content (AvgIpc) is 3.58. The predicted molar refractivity (Wildman–Crippen MR) is 132 cm³/mol. The second-order valence-corrected chi connectivity index (χ2v) is 10.5. The number of hydrogen-bond acceptors (Lipinski definition) is 10. The summed E-state index contributed by atoms with van der Waals surface area (Å²) < 4.78 is 0. The number of rotatable bonds is 9. The van der Waals surface area contributed by atoms with Crippen molar-refractivity contribution in [1.82, 2.24) is 30.4 Å². The zero-order valence-corrected chi connectivity index (χ0v) is 20.1. The highest BCUT2D eigenvalue weighted by Gasteiger charge is 2.27. The molecule has 11 heteroatoms. The molecular weight excluding hydrogens is 468 g/mol. The van der Waals surface area contributed by atoms with Gasteiger partial charge in [0.25, 0.3) is 0 Å². The first-order valence-corrected chi connectivity index (χ1v) is 12.9. The van der Waals surface area contributed by atoms with E-state index in [1.54, 1.807) is 23.7 Å². The van der Waals surface area contributed by atoms with Gasteiger partial charge in [-0.3, -0.25) is 9.78 Å². The summed E-state index contributed by atoms with van der Waals surface area (Å²) >= 11 is 3.05. The summed E-state index contributed by atoms with van der Waals surface area (Å²) in [6.07, 6.45) is 9.00. The molecule has 174 valence electrons. The minimum Gasteiger partial charge on any atom is -0.315 e. The van der Waals surface area contributed by atoms with E-state index in [-0.39, 0.29) is 12.3 Å². The van der Waals surface area contributed by atoms with Gasteiger partial charge in [0, 0.05) is 30.9 Å². The molecule has 2 N–H and O–H groups in total. The smallest absolute Gasteiger partial charge is 0.232 e. The fourth-order valence-electron chi connectivity index (χ4n) is 4.19. The summed E-state index contributed by atoms with van der Waals surface area (Å²) in [4.78, 5) is 20.7. The molecule has 0 spiro atoms. The molecule has 9 nitrogen and oxygen atoms in total.